The number of aromatic nitrogens is 2. The van der Waals surface area contributed by atoms with Gasteiger partial charge in [-0.1, -0.05) is 0 Å². The third-order valence-corrected chi connectivity index (χ3v) is 4.66. The van der Waals surface area contributed by atoms with Crippen molar-refractivity contribution in [3.8, 4) is 0 Å². The Morgan fingerprint density at radius 2 is 1.93 bits per heavy atom. The van der Waals surface area contributed by atoms with E-state index in [0.29, 0.717) is 6.61 Å². The van der Waals surface area contributed by atoms with Gasteiger partial charge >= 0.3 is 12.1 Å². The molecule has 2 aliphatic rings. The summed E-state index contributed by atoms with van der Waals surface area (Å²) in [6.07, 6.45) is 1.18. The van der Waals surface area contributed by atoms with Crippen LogP contribution in [0.5, 0.6) is 0 Å². The number of carbonyl (C=O) groups excluding carboxylic acids is 1. The number of amides is 1. The van der Waals surface area contributed by atoms with Crippen molar-refractivity contribution in [3.05, 3.63) is 18.5 Å². The van der Waals surface area contributed by atoms with Gasteiger partial charge in [0.05, 0.1) is 18.3 Å². The molecule has 0 radical (unpaired) electrons. The summed E-state index contributed by atoms with van der Waals surface area (Å²) in [5.74, 6) is -2.08. The Morgan fingerprint density at radius 3 is 2.45 bits per heavy atom. The average molecular weight is 420 g/mol. The largest absolute Gasteiger partial charge is 0.490 e. The van der Waals surface area contributed by atoms with Crippen molar-refractivity contribution in [1.82, 2.24) is 15.3 Å². The van der Waals surface area contributed by atoms with Crippen molar-refractivity contribution in [1.29, 1.82) is 0 Å². The Hall–Kier alpha value is -2.47. The van der Waals surface area contributed by atoms with Crippen LogP contribution in [0.3, 0.4) is 0 Å². The number of anilines is 1. The Morgan fingerprint density at radius 1 is 1.34 bits per heavy atom. The highest BCUT2D eigenvalue weighted by Crippen LogP contribution is 2.37. The Labute approximate surface area is 165 Å². The second-order valence-corrected chi connectivity index (χ2v) is 6.64. The second kappa shape index (κ2) is 9.83. The molecule has 29 heavy (non-hydrogen) atoms. The molecule has 9 nitrogen and oxygen atoms in total. The number of carbonyl (C=O) groups is 2. The van der Waals surface area contributed by atoms with Gasteiger partial charge in [0.25, 0.3) is 0 Å². The molecule has 0 aliphatic carbocycles. The van der Waals surface area contributed by atoms with E-state index in [1.165, 1.54) is 0 Å². The van der Waals surface area contributed by atoms with Crippen LogP contribution in [0.15, 0.2) is 18.5 Å². The van der Waals surface area contributed by atoms with Crippen molar-refractivity contribution in [2.24, 2.45) is 0 Å². The molecule has 2 aliphatic heterocycles. The van der Waals surface area contributed by atoms with E-state index < -0.39 is 12.1 Å². The van der Waals surface area contributed by atoms with Crippen molar-refractivity contribution in [3.63, 3.8) is 0 Å². The lowest BCUT2D eigenvalue weighted by Gasteiger charge is -2.38. The summed E-state index contributed by atoms with van der Waals surface area (Å²) >= 11 is 0. The maximum absolute atomic E-state index is 11.2. The number of piperidine rings is 1. The molecule has 3 heterocycles. The Kier molecular flexibility index (Phi) is 7.73. The number of nitrogens with one attached hydrogen (secondary N) is 1. The van der Waals surface area contributed by atoms with E-state index in [9.17, 15) is 18.0 Å². The molecule has 162 valence electrons. The van der Waals surface area contributed by atoms with E-state index in [1.807, 2.05) is 6.07 Å². The van der Waals surface area contributed by atoms with Crippen LogP contribution in [0.25, 0.3) is 0 Å². The Balaban J connectivity index is 0.000000370. The quantitative estimate of drug-likeness (QED) is 0.742. The van der Waals surface area contributed by atoms with E-state index in [4.69, 9.17) is 19.4 Å². The number of carboxylic acids is 1. The molecule has 12 heteroatoms. The number of alkyl halides is 3. The number of hydrogen-bond acceptors (Lipinski definition) is 7. The summed E-state index contributed by atoms with van der Waals surface area (Å²) in [6, 6.07) is 1.82. The first kappa shape index (κ1) is 22.8. The van der Waals surface area contributed by atoms with Crippen molar-refractivity contribution in [2.45, 2.75) is 37.1 Å². The summed E-state index contributed by atoms with van der Waals surface area (Å²) in [7, 11) is 1.61. The predicted molar refractivity (Wildman–Crippen MR) is 94.3 cm³/mol. The summed E-state index contributed by atoms with van der Waals surface area (Å²) < 4.78 is 43.4. The molecule has 1 aromatic rings. The molecular weight excluding hydrogens is 397 g/mol. The molecule has 0 saturated carbocycles. The van der Waals surface area contributed by atoms with Gasteiger partial charge in [-0.05, 0) is 18.9 Å². The SMILES string of the molecule is CNC(=O)COC1COC2(CCN(c3ncccn3)CC2)C1.O=C(O)C(F)(F)F. The van der Waals surface area contributed by atoms with Gasteiger partial charge in [-0.2, -0.15) is 13.2 Å². The molecule has 1 amide bonds. The van der Waals surface area contributed by atoms with Crippen LogP contribution in [0.2, 0.25) is 0 Å². The van der Waals surface area contributed by atoms with Gasteiger partial charge in [-0.15, -0.1) is 0 Å². The fourth-order valence-electron chi connectivity index (χ4n) is 3.09. The maximum atomic E-state index is 11.2. The summed E-state index contributed by atoms with van der Waals surface area (Å²) in [5.41, 5.74) is -0.112. The van der Waals surface area contributed by atoms with Gasteiger partial charge in [0.1, 0.15) is 6.61 Å². The zero-order valence-electron chi connectivity index (χ0n) is 15.8. The minimum absolute atomic E-state index is 0.0109. The predicted octanol–water partition coefficient (Wildman–Crippen LogP) is 1.00. The summed E-state index contributed by atoms with van der Waals surface area (Å²) in [4.78, 5) is 30.9. The average Bonchev–Trinajstić information content (AvgIpc) is 3.09. The zero-order valence-corrected chi connectivity index (χ0v) is 15.8. The third-order valence-electron chi connectivity index (χ3n) is 4.66. The van der Waals surface area contributed by atoms with Gasteiger partial charge in [-0.25, -0.2) is 14.8 Å². The molecule has 1 atom stereocenters. The van der Waals surface area contributed by atoms with Gasteiger partial charge in [0, 0.05) is 39.0 Å². The molecule has 0 aromatic carbocycles. The third kappa shape index (κ3) is 6.82. The molecular formula is C17H23F3N4O5. The number of carboxylic acid groups (broad SMARTS) is 1. The number of rotatable bonds is 4. The number of nitrogens with zero attached hydrogens (tertiary/aromatic N) is 3. The van der Waals surface area contributed by atoms with Crippen molar-refractivity contribution < 1.29 is 37.3 Å². The molecule has 1 aromatic heterocycles. The highest BCUT2D eigenvalue weighted by atomic mass is 19.4. The van der Waals surface area contributed by atoms with Gasteiger partial charge < -0.3 is 24.8 Å². The van der Waals surface area contributed by atoms with E-state index in [-0.39, 0.29) is 24.2 Å². The van der Waals surface area contributed by atoms with Gasteiger partial charge in [-0.3, -0.25) is 4.79 Å². The number of halogens is 3. The lowest BCUT2D eigenvalue weighted by atomic mass is 9.88. The monoisotopic (exact) mass is 420 g/mol. The zero-order chi connectivity index (χ0) is 21.5. The van der Waals surface area contributed by atoms with Crippen molar-refractivity contribution in [2.75, 3.05) is 38.3 Å². The lowest BCUT2D eigenvalue weighted by molar-refractivity contribution is -0.192. The normalized spacial score (nSPS) is 20.7. The van der Waals surface area contributed by atoms with Crippen LogP contribution in [-0.4, -0.2) is 78.2 Å². The van der Waals surface area contributed by atoms with E-state index in [1.54, 1.807) is 19.4 Å². The lowest BCUT2D eigenvalue weighted by Crippen LogP contribution is -2.45. The minimum Gasteiger partial charge on any atom is -0.475 e. The smallest absolute Gasteiger partial charge is 0.475 e. The molecule has 0 bridgehead atoms. The van der Waals surface area contributed by atoms with Crippen LogP contribution >= 0.6 is 0 Å². The van der Waals surface area contributed by atoms with Crippen LogP contribution in [0, 0.1) is 0 Å². The molecule has 2 N–H and O–H groups in total. The first-order valence-electron chi connectivity index (χ1n) is 8.93. The van der Waals surface area contributed by atoms with Crippen LogP contribution in [-0.2, 0) is 19.1 Å². The number of likely N-dealkylation sites (N-methyl/N-ethyl adjacent to an activating group) is 1. The minimum atomic E-state index is -5.08. The highest BCUT2D eigenvalue weighted by molar-refractivity contribution is 5.76. The first-order chi connectivity index (χ1) is 13.6. The van der Waals surface area contributed by atoms with Crippen LogP contribution in [0.4, 0.5) is 19.1 Å². The topological polar surface area (TPSA) is 114 Å². The number of aliphatic carboxylic acids is 1. The van der Waals surface area contributed by atoms with Crippen molar-refractivity contribution >= 4 is 17.8 Å². The summed E-state index contributed by atoms with van der Waals surface area (Å²) in [6.45, 7) is 2.43. The second-order valence-electron chi connectivity index (χ2n) is 6.64. The molecule has 2 fully saturated rings. The van der Waals surface area contributed by atoms with Gasteiger partial charge in [0.15, 0.2) is 0 Å². The number of ether oxygens (including phenoxy) is 2. The van der Waals surface area contributed by atoms with Crippen LogP contribution in [0.1, 0.15) is 19.3 Å². The van der Waals surface area contributed by atoms with E-state index in [0.717, 1.165) is 38.3 Å². The van der Waals surface area contributed by atoms with E-state index >= 15 is 0 Å². The highest BCUT2D eigenvalue weighted by Gasteiger charge is 2.43. The maximum Gasteiger partial charge on any atom is 0.490 e. The molecule has 2 saturated heterocycles. The molecule has 1 spiro atoms. The van der Waals surface area contributed by atoms with E-state index in [2.05, 4.69) is 20.2 Å². The van der Waals surface area contributed by atoms with Crippen LogP contribution < -0.4 is 10.2 Å². The Bertz CT molecular complexity index is 681. The molecule has 3 rings (SSSR count). The number of hydrogen-bond donors (Lipinski definition) is 2. The first-order valence-corrected chi connectivity index (χ1v) is 8.93. The summed E-state index contributed by atoms with van der Waals surface area (Å²) in [5, 5.41) is 9.68. The fourth-order valence-corrected chi connectivity index (χ4v) is 3.09. The fraction of sp³-hybridized carbons (Fsp3) is 0.647. The van der Waals surface area contributed by atoms with Gasteiger partial charge in [0.2, 0.25) is 11.9 Å². The molecule has 1 unspecified atom stereocenters. The standard InChI is InChI=1S/C15H22N4O3.C2HF3O2/c1-16-13(20)11-21-12-9-15(22-10-12)3-7-19(8-4-15)14-17-5-2-6-18-14;3-2(4,5)1(6)7/h2,5-6,12H,3-4,7-11H2,1H3,(H,16,20);(H,6,7).